The summed E-state index contributed by atoms with van der Waals surface area (Å²) < 4.78 is 31.4. The molecule has 0 amide bonds. The summed E-state index contributed by atoms with van der Waals surface area (Å²) in [7, 11) is -3.77. The van der Waals surface area contributed by atoms with Crippen LogP contribution in [0.3, 0.4) is 0 Å². The highest BCUT2D eigenvalue weighted by Crippen LogP contribution is 2.17. The molecule has 8 heteroatoms. The van der Waals surface area contributed by atoms with Gasteiger partial charge in [-0.3, -0.25) is 10.1 Å². The highest BCUT2D eigenvalue weighted by molar-refractivity contribution is 7.89. The summed E-state index contributed by atoms with van der Waals surface area (Å²) in [6.07, 6.45) is 1.91. The number of nitro benzene ring substituents is 1. The van der Waals surface area contributed by atoms with Gasteiger partial charge in [0.05, 0.1) is 16.1 Å². The molecule has 0 saturated carbocycles. The van der Waals surface area contributed by atoms with Crippen molar-refractivity contribution in [1.29, 1.82) is 0 Å². The number of hydrogen-bond donors (Lipinski definition) is 1. The molecule has 0 unspecified atom stereocenters. The Kier molecular flexibility index (Phi) is 4.16. The lowest BCUT2D eigenvalue weighted by molar-refractivity contribution is -0.385. The van der Waals surface area contributed by atoms with Crippen LogP contribution in [-0.4, -0.2) is 19.9 Å². The van der Waals surface area contributed by atoms with Crippen molar-refractivity contribution >= 4 is 15.7 Å². The Morgan fingerprint density at radius 3 is 2.70 bits per heavy atom. The summed E-state index contributed by atoms with van der Waals surface area (Å²) in [6.45, 7) is 0.151. The van der Waals surface area contributed by atoms with E-state index in [0.29, 0.717) is 12.2 Å². The second-order valence-electron chi connectivity index (χ2n) is 3.98. The molecule has 1 heterocycles. The van der Waals surface area contributed by atoms with Gasteiger partial charge in [0.2, 0.25) is 10.0 Å². The number of hydrogen-bond acceptors (Lipinski definition) is 5. The molecule has 1 aromatic carbocycles. The van der Waals surface area contributed by atoms with Crippen molar-refractivity contribution in [2.75, 3.05) is 6.54 Å². The summed E-state index contributed by atoms with van der Waals surface area (Å²) >= 11 is 0. The first-order valence-electron chi connectivity index (χ1n) is 5.75. The van der Waals surface area contributed by atoms with Gasteiger partial charge in [0, 0.05) is 25.1 Å². The van der Waals surface area contributed by atoms with Gasteiger partial charge in [0.25, 0.3) is 5.69 Å². The topological polar surface area (TPSA) is 102 Å². The maximum absolute atomic E-state index is 12.0. The fraction of sp³-hybridized carbons (Fsp3) is 0.167. The first-order valence-corrected chi connectivity index (χ1v) is 7.24. The quantitative estimate of drug-likeness (QED) is 0.645. The molecule has 1 N–H and O–H groups in total. The third-order valence-electron chi connectivity index (χ3n) is 2.58. The summed E-state index contributed by atoms with van der Waals surface area (Å²) in [5, 5.41) is 10.6. The van der Waals surface area contributed by atoms with Crippen LogP contribution < -0.4 is 4.72 Å². The fourth-order valence-corrected chi connectivity index (χ4v) is 2.68. The molecule has 0 aliphatic carbocycles. The van der Waals surface area contributed by atoms with E-state index in [1.54, 1.807) is 12.1 Å². The van der Waals surface area contributed by atoms with E-state index in [1.807, 2.05) is 0 Å². The van der Waals surface area contributed by atoms with Crippen LogP contribution in [0.4, 0.5) is 5.69 Å². The summed E-state index contributed by atoms with van der Waals surface area (Å²) in [5.74, 6) is 0.659. The summed E-state index contributed by atoms with van der Waals surface area (Å²) in [5.41, 5.74) is -0.265. The van der Waals surface area contributed by atoms with Gasteiger partial charge in [-0.2, -0.15) is 0 Å². The Balaban J connectivity index is 2.06. The van der Waals surface area contributed by atoms with Gasteiger partial charge in [-0.1, -0.05) is 6.07 Å². The molecular formula is C12H12N2O5S. The van der Waals surface area contributed by atoms with Crippen molar-refractivity contribution in [2.45, 2.75) is 11.3 Å². The second-order valence-corrected chi connectivity index (χ2v) is 5.75. The third-order valence-corrected chi connectivity index (χ3v) is 4.04. The van der Waals surface area contributed by atoms with Crippen LogP contribution in [0.1, 0.15) is 5.76 Å². The van der Waals surface area contributed by atoms with Gasteiger partial charge in [0.15, 0.2) is 0 Å². The third kappa shape index (κ3) is 3.43. The highest BCUT2D eigenvalue weighted by atomic mass is 32.2. The monoisotopic (exact) mass is 296 g/mol. The molecule has 7 nitrogen and oxygen atoms in total. The number of nitrogens with zero attached hydrogens (tertiary/aromatic N) is 1. The molecule has 1 aromatic heterocycles. The Labute approximate surface area is 115 Å². The van der Waals surface area contributed by atoms with Crippen molar-refractivity contribution in [3.8, 4) is 0 Å². The van der Waals surface area contributed by atoms with Crippen molar-refractivity contribution < 1.29 is 17.8 Å². The number of benzene rings is 1. The minimum Gasteiger partial charge on any atom is -0.469 e. The molecule has 0 aliphatic rings. The van der Waals surface area contributed by atoms with Crippen molar-refractivity contribution in [3.63, 3.8) is 0 Å². The van der Waals surface area contributed by atoms with Gasteiger partial charge in [0.1, 0.15) is 5.76 Å². The standard InChI is InChI=1S/C12H12N2O5S/c15-14(16)10-3-1-5-12(9-10)20(17,18)13-7-6-11-4-2-8-19-11/h1-5,8-9,13H,6-7H2. The number of nitro groups is 1. The molecule has 2 aromatic rings. The molecule has 0 aliphatic heterocycles. The van der Waals surface area contributed by atoms with E-state index in [-0.39, 0.29) is 17.1 Å². The Morgan fingerprint density at radius 2 is 2.05 bits per heavy atom. The van der Waals surface area contributed by atoms with Gasteiger partial charge in [-0.25, -0.2) is 13.1 Å². The zero-order valence-corrected chi connectivity index (χ0v) is 11.2. The average Bonchev–Trinajstić information content (AvgIpc) is 2.92. The number of furan rings is 1. The lowest BCUT2D eigenvalue weighted by Gasteiger charge is -2.05. The molecule has 2 rings (SSSR count). The van der Waals surface area contributed by atoms with E-state index in [4.69, 9.17) is 4.42 Å². The number of nitrogens with one attached hydrogen (secondary N) is 1. The number of sulfonamides is 1. The summed E-state index contributed by atoms with van der Waals surface area (Å²) in [4.78, 5) is 9.86. The van der Waals surface area contributed by atoms with Crippen LogP contribution in [0.15, 0.2) is 52.0 Å². The van der Waals surface area contributed by atoms with Crippen LogP contribution in [-0.2, 0) is 16.4 Å². The largest absolute Gasteiger partial charge is 0.469 e. The normalized spacial score (nSPS) is 11.4. The second kappa shape index (κ2) is 5.85. The fourth-order valence-electron chi connectivity index (χ4n) is 1.61. The van der Waals surface area contributed by atoms with E-state index < -0.39 is 14.9 Å². The molecule has 0 bridgehead atoms. The molecule has 0 spiro atoms. The van der Waals surface area contributed by atoms with Gasteiger partial charge in [-0.05, 0) is 18.2 Å². The van der Waals surface area contributed by atoms with Crippen molar-refractivity contribution in [2.24, 2.45) is 0 Å². The summed E-state index contributed by atoms with van der Waals surface area (Å²) in [6, 6.07) is 8.35. The van der Waals surface area contributed by atoms with E-state index in [9.17, 15) is 18.5 Å². The lowest BCUT2D eigenvalue weighted by atomic mass is 10.3. The van der Waals surface area contributed by atoms with Crippen LogP contribution in [0.25, 0.3) is 0 Å². The minimum atomic E-state index is -3.77. The zero-order chi connectivity index (χ0) is 14.6. The first kappa shape index (κ1) is 14.2. The SMILES string of the molecule is O=[N+]([O-])c1cccc(S(=O)(=O)NCCc2ccco2)c1. The van der Waals surface area contributed by atoms with Crippen LogP contribution in [0.2, 0.25) is 0 Å². The molecule has 20 heavy (non-hydrogen) atoms. The maximum atomic E-state index is 12.0. The highest BCUT2D eigenvalue weighted by Gasteiger charge is 2.17. The number of non-ortho nitro benzene ring substituents is 1. The van der Waals surface area contributed by atoms with E-state index in [2.05, 4.69) is 4.72 Å². The Morgan fingerprint density at radius 1 is 1.25 bits per heavy atom. The van der Waals surface area contributed by atoms with Crippen molar-refractivity contribution in [1.82, 2.24) is 4.72 Å². The smallest absolute Gasteiger partial charge is 0.270 e. The first-order chi connectivity index (χ1) is 9.49. The van der Waals surface area contributed by atoms with Crippen LogP contribution >= 0.6 is 0 Å². The molecule has 0 fully saturated rings. The molecular weight excluding hydrogens is 284 g/mol. The van der Waals surface area contributed by atoms with Gasteiger partial charge in [-0.15, -0.1) is 0 Å². The van der Waals surface area contributed by atoms with E-state index in [1.165, 1.54) is 24.5 Å². The minimum absolute atomic E-state index is 0.133. The van der Waals surface area contributed by atoms with E-state index >= 15 is 0 Å². The van der Waals surface area contributed by atoms with Crippen molar-refractivity contribution in [3.05, 3.63) is 58.5 Å². The maximum Gasteiger partial charge on any atom is 0.270 e. The van der Waals surface area contributed by atoms with Gasteiger partial charge >= 0.3 is 0 Å². The molecule has 0 saturated heterocycles. The van der Waals surface area contributed by atoms with Crippen LogP contribution in [0, 0.1) is 10.1 Å². The van der Waals surface area contributed by atoms with Crippen LogP contribution in [0.5, 0.6) is 0 Å². The molecule has 106 valence electrons. The molecule has 0 radical (unpaired) electrons. The predicted octanol–water partition coefficient (Wildman–Crippen LogP) is 1.71. The van der Waals surface area contributed by atoms with Gasteiger partial charge < -0.3 is 4.42 Å². The lowest BCUT2D eigenvalue weighted by Crippen LogP contribution is -2.25. The zero-order valence-electron chi connectivity index (χ0n) is 10.4. The average molecular weight is 296 g/mol. The Bertz CT molecular complexity index is 694. The number of rotatable bonds is 6. The molecule has 0 atom stereocenters. The van der Waals surface area contributed by atoms with E-state index in [0.717, 1.165) is 6.07 Å². The Hall–Kier alpha value is -2.19. The predicted molar refractivity (Wildman–Crippen MR) is 70.7 cm³/mol.